The molecular weight excluding hydrogens is 256 g/mol. The summed E-state index contributed by atoms with van der Waals surface area (Å²) < 4.78 is 0. The van der Waals surface area contributed by atoms with Crippen molar-refractivity contribution in [2.75, 3.05) is 11.9 Å². The number of nitrogens with one attached hydrogen (secondary N) is 1. The summed E-state index contributed by atoms with van der Waals surface area (Å²) in [6.45, 7) is 11.6. The van der Waals surface area contributed by atoms with Gasteiger partial charge in [-0.2, -0.15) is 0 Å². The minimum atomic E-state index is 0.00539. The number of rotatable bonds is 2. The molecule has 0 saturated carbocycles. The molecule has 0 unspecified atom stereocenters. The lowest BCUT2D eigenvalue weighted by Crippen LogP contribution is -2.14. The minimum absolute atomic E-state index is 0.00539. The topological polar surface area (TPSA) is 24.9 Å². The molecular formula is C16H21ClN2. The van der Waals surface area contributed by atoms with Crippen molar-refractivity contribution in [3.05, 3.63) is 34.5 Å². The van der Waals surface area contributed by atoms with Gasteiger partial charge in [0, 0.05) is 28.7 Å². The van der Waals surface area contributed by atoms with Crippen LogP contribution in [0, 0.1) is 6.92 Å². The molecule has 1 N–H and O–H groups in total. The van der Waals surface area contributed by atoms with Crippen molar-refractivity contribution in [1.29, 1.82) is 0 Å². The van der Waals surface area contributed by atoms with Crippen LogP contribution in [0.3, 0.4) is 0 Å². The smallest absolute Gasteiger partial charge is 0.0915 e. The Kier molecular flexibility index (Phi) is 3.73. The highest BCUT2D eigenvalue weighted by Crippen LogP contribution is 2.34. The van der Waals surface area contributed by atoms with Crippen LogP contribution < -0.4 is 5.32 Å². The molecule has 1 aromatic heterocycles. The molecule has 0 spiro atoms. The van der Waals surface area contributed by atoms with E-state index < -0.39 is 0 Å². The van der Waals surface area contributed by atoms with Crippen molar-refractivity contribution < 1.29 is 0 Å². The van der Waals surface area contributed by atoms with Crippen LogP contribution in [0.5, 0.6) is 0 Å². The predicted molar refractivity (Wildman–Crippen MR) is 84.4 cm³/mol. The molecule has 19 heavy (non-hydrogen) atoms. The molecule has 102 valence electrons. The zero-order chi connectivity index (χ0) is 14.2. The van der Waals surface area contributed by atoms with E-state index in [1.54, 1.807) is 0 Å². The van der Waals surface area contributed by atoms with Crippen molar-refractivity contribution in [2.24, 2.45) is 0 Å². The maximum absolute atomic E-state index is 6.33. The first kappa shape index (κ1) is 14.1. The molecule has 3 heteroatoms. The second kappa shape index (κ2) is 5.01. The largest absolute Gasteiger partial charge is 0.385 e. The lowest BCUT2D eigenvalue weighted by atomic mass is 9.90. The van der Waals surface area contributed by atoms with Crippen LogP contribution in [0.25, 0.3) is 10.9 Å². The van der Waals surface area contributed by atoms with Gasteiger partial charge in [-0.1, -0.05) is 38.4 Å². The molecule has 0 radical (unpaired) electrons. The Morgan fingerprint density at radius 1 is 1.26 bits per heavy atom. The van der Waals surface area contributed by atoms with E-state index in [1.807, 2.05) is 12.1 Å². The van der Waals surface area contributed by atoms with Gasteiger partial charge in [-0.15, -0.1) is 0 Å². The third-order valence-corrected chi connectivity index (χ3v) is 3.56. The number of anilines is 1. The first-order chi connectivity index (χ1) is 8.84. The van der Waals surface area contributed by atoms with Gasteiger partial charge in [-0.3, -0.25) is 4.98 Å². The van der Waals surface area contributed by atoms with Crippen molar-refractivity contribution in [2.45, 2.75) is 40.0 Å². The Labute approximate surface area is 120 Å². The normalized spacial score (nSPS) is 11.9. The van der Waals surface area contributed by atoms with E-state index >= 15 is 0 Å². The van der Waals surface area contributed by atoms with Crippen LogP contribution in [0.15, 0.2) is 18.2 Å². The summed E-state index contributed by atoms with van der Waals surface area (Å²) in [6, 6.07) is 6.12. The van der Waals surface area contributed by atoms with E-state index in [9.17, 15) is 0 Å². The van der Waals surface area contributed by atoms with Gasteiger partial charge in [0.1, 0.15) is 0 Å². The van der Waals surface area contributed by atoms with Crippen molar-refractivity contribution in [1.82, 2.24) is 4.98 Å². The number of benzene rings is 1. The van der Waals surface area contributed by atoms with E-state index in [2.05, 4.69) is 46.0 Å². The van der Waals surface area contributed by atoms with Crippen LogP contribution in [-0.2, 0) is 5.41 Å². The fourth-order valence-corrected chi connectivity index (χ4v) is 2.39. The number of aryl methyl sites for hydroxylation is 1. The average Bonchev–Trinajstić information content (AvgIpc) is 2.33. The van der Waals surface area contributed by atoms with Gasteiger partial charge in [0.25, 0.3) is 0 Å². The van der Waals surface area contributed by atoms with Crippen molar-refractivity contribution in [3.8, 4) is 0 Å². The highest BCUT2D eigenvalue weighted by Gasteiger charge is 2.19. The summed E-state index contributed by atoms with van der Waals surface area (Å²) in [6.07, 6.45) is 0. The standard InChI is InChI=1S/C16H21ClN2/c1-6-18-12-9-13(16(3,4)5)19-15-11(17)8-7-10(2)14(12)15/h7-9H,6H2,1-5H3,(H,18,19). The third kappa shape index (κ3) is 2.69. The van der Waals surface area contributed by atoms with Gasteiger partial charge in [0.05, 0.1) is 10.5 Å². The number of hydrogen-bond acceptors (Lipinski definition) is 2. The molecule has 1 heterocycles. The summed E-state index contributed by atoms with van der Waals surface area (Å²) in [5.74, 6) is 0. The molecule has 0 aliphatic heterocycles. The SMILES string of the molecule is CCNc1cc(C(C)(C)C)nc2c(Cl)ccc(C)c12. The number of aromatic nitrogens is 1. The van der Waals surface area contributed by atoms with E-state index in [4.69, 9.17) is 16.6 Å². The summed E-state index contributed by atoms with van der Waals surface area (Å²) in [5.41, 5.74) is 4.28. The van der Waals surface area contributed by atoms with Crippen molar-refractivity contribution in [3.63, 3.8) is 0 Å². The monoisotopic (exact) mass is 276 g/mol. The minimum Gasteiger partial charge on any atom is -0.385 e. The lowest BCUT2D eigenvalue weighted by molar-refractivity contribution is 0.572. The highest BCUT2D eigenvalue weighted by atomic mass is 35.5. The maximum Gasteiger partial charge on any atom is 0.0915 e. The number of fused-ring (bicyclic) bond motifs is 1. The molecule has 0 aliphatic rings. The maximum atomic E-state index is 6.33. The molecule has 0 fully saturated rings. The second-order valence-electron chi connectivity index (χ2n) is 5.92. The van der Waals surface area contributed by atoms with Crippen molar-refractivity contribution >= 4 is 28.2 Å². The molecule has 0 amide bonds. The van der Waals surface area contributed by atoms with E-state index in [0.717, 1.165) is 28.8 Å². The quantitative estimate of drug-likeness (QED) is 0.842. The van der Waals surface area contributed by atoms with Gasteiger partial charge >= 0.3 is 0 Å². The predicted octanol–water partition coefficient (Wildman–Crippen LogP) is 4.93. The Bertz CT molecular complexity index is 612. The highest BCUT2D eigenvalue weighted by molar-refractivity contribution is 6.35. The molecule has 2 aromatic rings. The molecule has 0 saturated heterocycles. The van der Waals surface area contributed by atoms with Gasteiger partial charge in [-0.25, -0.2) is 0 Å². The summed E-state index contributed by atoms with van der Waals surface area (Å²) in [7, 11) is 0. The first-order valence-corrected chi connectivity index (χ1v) is 7.06. The van der Waals surface area contributed by atoms with Gasteiger partial charge < -0.3 is 5.32 Å². The van der Waals surface area contributed by atoms with Crippen LogP contribution in [-0.4, -0.2) is 11.5 Å². The second-order valence-corrected chi connectivity index (χ2v) is 6.33. The zero-order valence-corrected chi connectivity index (χ0v) is 13.0. The van der Waals surface area contributed by atoms with E-state index in [1.165, 1.54) is 5.56 Å². The average molecular weight is 277 g/mol. The number of pyridine rings is 1. The van der Waals surface area contributed by atoms with Crippen LogP contribution >= 0.6 is 11.6 Å². The lowest BCUT2D eigenvalue weighted by Gasteiger charge is -2.21. The molecule has 0 bridgehead atoms. The van der Waals surface area contributed by atoms with Gasteiger partial charge in [-0.05, 0) is 31.5 Å². The molecule has 1 aromatic carbocycles. The molecule has 0 atom stereocenters. The molecule has 2 rings (SSSR count). The van der Waals surface area contributed by atoms with E-state index in [-0.39, 0.29) is 5.41 Å². The summed E-state index contributed by atoms with van der Waals surface area (Å²) in [4.78, 5) is 4.78. The number of hydrogen-bond donors (Lipinski definition) is 1. The number of halogens is 1. The Morgan fingerprint density at radius 3 is 2.53 bits per heavy atom. The molecule has 2 nitrogen and oxygen atoms in total. The fourth-order valence-electron chi connectivity index (χ4n) is 2.19. The van der Waals surface area contributed by atoms with Crippen LogP contribution in [0.4, 0.5) is 5.69 Å². The van der Waals surface area contributed by atoms with Gasteiger partial charge in [0.2, 0.25) is 0 Å². The summed E-state index contributed by atoms with van der Waals surface area (Å²) >= 11 is 6.33. The van der Waals surface area contributed by atoms with Gasteiger partial charge in [0.15, 0.2) is 0 Å². The Balaban J connectivity index is 2.83. The van der Waals surface area contributed by atoms with Crippen LogP contribution in [0.2, 0.25) is 5.02 Å². The third-order valence-electron chi connectivity index (χ3n) is 3.26. The van der Waals surface area contributed by atoms with E-state index in [0.29, 0.717) is 5.02 Å². The Hall–Kier alpha value is -1.28. The zero-order valence-electron chi connectivity index (χ0n) is 12.3. The molecule has 0 aliphatic carbocycles. The van der Waals surface area contributed by atoms with Crippen LogP contribution in [0.1, 0.15) is 39.0 Å². The first-order valence-electron chi connectivity index (χ1n) is 6.68. The number of nitrogens with zero attached hydrogens (tertiary/aromatic N) is 1. The summed E-state index contributed by atoms with van der Waals surface area (Å²) in [5, 5.41) is 5.27. The Morgan fingerprint density at radius 2 is 1.95 bits per heavy atom. The fraction of sp³-hybridized carbons (Fsp3) is 0.438.